The normalized spacial score (nSPS) is 26.1. The van der Waals surface area contributed by atoms with Crippen molar-refractivity contribution in [2.45, 2.75) is 18.9 Å². The van der Waals surface area contributed by atoms with Crippen LogP contribution >= 0.6 is 0 Å². The van der Waals surface area contributed by atoms with Crippen molar-refractivity contribution in [1.29, 1.82) is 0 Å². The third kappa shape index (κ3) is 2.54. The summed E-state index contributed by atoms with van der Waals surface area (Å²) in [5.41, 5.74) is 1.18. The van der Waals surface area contributed by atoms with Crippen LogP contribution in [-0.2, 0) is 4.79 Å². The fraction of sp³-hybridized carbons (Fsp3) is 0.500. The summed E-state index contributed by atoms with van der Waals surface area (Å²) in [6, 6.07) is 9.52. The molecule has 1 aliphatic heterocycles. The standard InChI is InChI=1S/C14H19NO3/c1-10(14(17)18)15-7-12(9-16)13(8-15)11-5-3-2-4-6-11/h2-6,10,12-13,16H,7-9H2,1H3,(H,17,18)/t10-,12-,13-/m1/s1. The summed E-state index contributed by atoms with van der Waals surface area (Å²) < 4.78 is 0. The number of rotatable bonds is 4. The lowest BCUT2D eigenvalue weighted by Gasteiger charge is -2.20. The smallest absolute Gasteiger partial charge is 0.320 e. The first-order chi connectivity index (χ1) is 8.63. The van der Waals surface area contributed by atoms with Gasteiger partial charge in [-0.1, -0.05) is 30.3 Å². The molecule has 98 valence electrons. The van der Waals surface area contributed by atoms with Gasteiger partial charge in [-0.3, -0.25) is 9.69 Å². The lowest BCUT2D eigenvalue weighted by molar-refractivity contribution is -0.142. The van der Waals surface area contributed by atoms with E-state index in [1.165, 1.54) is 5.56 Å². The minimum absolute atomic E-state index is 0.0996. The Morgan fingerprint density at radius 3 is 2.61 bits per heavy atom. The molecule has 2 rings (SSSR count). The summed E-state index contributed by atoms with van der Waals surface area (Å²) in [6.45, 7) is 3.14. The van der Waals surface area contributed by atoms with E-state index in [0.717, 1.165) is 0 Å². The Balaban J connectivity index is 2.15. The zero-order chi connectivity index (χ0) is 13.1. The van der Waals surface area contributed by atoms with Crippen LogP contribution in [0.25, 0.3) is 0 Å². The second-order valence-corrected chi connectivity index (χ2v) is 4.93. The molecule has 0 radical (unpaired) electrons. The fourth-order valence-corrected chi connectivity index (χ4v) is 2.64. The average Bonchev–Trinajstić information content (AvgIpc) is 2.82. The first-order valence-corrected chi connectivity index (χ1v) is 6.26. The van der Waals surface area contributed by atoms with Gasteiger partial charge in [0.2, 0.25) is 0 Å². The van der Waals surface area contributed by atoms with Gasteiger partial charge in [-0.15, -0.1) is 0 Å². The number of carboxylic acid groups (broad SMARTS) is 1. The van der Waals surface area contributed by atoms with Gasteiger partial charge in [-0.2, -0.15) is 0 Å². The van der Waals surface area contributed by atoms with Crippen molar-refractivity contribution in [2.75, 3.05) is 19.7 Å². The zero-order valence-electron chi connectivity index (χ0n) is 10.5. The Morgan fingerprint density at radius 1 is 1.39 bits per heavy atom. The lowest BCUT2D eigenvalue weighted by Crippen LogP contribution is -2.37. The molecule has 0 aliphatic carbocycles. The summed E-state index contributed by atoms with van der Waals surface area (Å²) in [5, 5.41) is 18.5. The lowest BCUT2D eigenvalue weighted by atomic mass is 9.90. The van der Waals surface area contributed by atoms with Crippen molar-refractivity contribution in [3.05, 3.63) is 35.9 Å². The van der Waals surface area contributed by atoms with E-state index in [1.807, 2.05) is 35.2 Å². The van der Waals surface area contributed by atoms with E-state index in [0.29, 0.717) is 13.1 Å². The molecule has 0 amide bonds. The Bertz CT molecular complexity index is 407. The first kappa shape index (κ1) is 13.1. The third-order valence-electron chi connectivity index (χ3n) is 3.84. The summed E-state index contributed by atoms with van der Waals surface area (Å²) in [7, 11) is 0. The number of carboxylic acids is 1. The van der Waals surface area contributed by atoms with Crippen molar-refractivity contribution < 1.29 is 15.0 Å². The Labute approximate surface area is 107 Å². The van der Waals surface area contributed by atoms with Crippen LogP contribution in [0.2, 0.25) is 0 Å². The van der Waals surface area contributed by atoms with E-state index in [-0.39, 0.29) is 18.4 Å². The molecular formula is C14H19NO3. The summed E-state index contributed by atoms with van der Waals surface area (Å²) in [6.07, 6.45) is 0. The number of hydrogen-bond acceptors (Lipinski definition) is 3. The number of likely N-dealkylation sites (tertiary alicyclic amines) is 1. The summed E-state index contributed by atoms with van der Waals surface area (Å²) >= 11 is 0. The van der Waals surface area contributed by atoms with Gasteiger partial charge >= 0.3 is 5.97 Å². The van der Waals surface area contributed by atoms with Crippen LogP contribution in [-0.4, -0.2) is 46.8 Å². The Hall–Kier alpha value is -1.39. The van der Waals surface area contributed by atoms with Crippen molar-refractivity contribution >= 4 is 5.97 Å². The molecule has 0 unspecified atom stereocenters. The molecule has 1 fully saturated rings. The van der Waals surface area contributed by atoms with Gasteiger partial charge in [-0.05, 0) is 12.5 Å². The van der Waals surface area contributed by atoms with E-state index in [9.17, 15) is 9.90 Å². The monoisotopic (exact) mass is 249 g/mol. The molecular weight excluding hydrogens is 230 g/mol. The van der Waals surface area contributed by atoms with E-state index in [2.05, 4.69) is 0 Å². The van der Waals surface area contributed by atoms with Crippen molar-refractivity contribution in [3.63, 3.8) is 0 Å². The molecule has 1 aliphatic rings. The second kappa shape index (κ2) is 5.50. The molecule has 1 aromatic carbocycles. The highest BCUT2D eigenvalue weighted by atomic mass is 16.4. The summed E-state index contributed by atoms with van der Waals surface area (Å²) in [4.78, 5) is 13.0. The highest BCUT2D eigenvalue weighted by molar-refractivity contribution is 5.73. The molecule has 1 aromatic rings. The van der Waals surface area contributed by atoms with Crippen LogP contribution in [0.4, 0.5) is 0 Å². The highest BCUT2D eigenvalue weighted by Gasteiger charge is 2.37. The minimum atomic E-state index is -0.805. The van der Waals surface area contributed by atoms with Crippen LogP contribution in [0.15, 0.2) is 30.3 Å². The topological polar surface area (TPSA) is 60.8 Å². The number of nitrogens with zero attached hydrogens (tertiary/aromatic N) is 1. The van der Waals surface area contributed by atoms with Gasteiger partial charge in [0, 0.05) is 31.5 Å². The maximum absolute atomic E-state index is 11.0. The van der Waals surface area contributed by atoms with Gasteiger partial charge in [0.15, 0.2) is 0 Å². The average molecular weight is 249 g/mol. The number of aliphatic hydroxyl groups is 1. The molecule has 1 heterocycles. The molecule has 0 aromatic heterocycles. The predicted octanol–water partition coefficient (Wildman–Crippen LogP) is 1.17. The zero-order valence-corrected chi connectivity index (χ0v) is 10.5. The van der Waals surface area contributed by atoms with Gasteiger partial charge < -0.3 is 10.2 Å². The highest BCUT2D eigenvalue weighted by Crippen LogP contribution is 2.33. The summed E-state index contributed by atoms with van der Waals surface area (Å²) in [5.74, 6) is -0.465. The van der Waals surface area contributed by atoms with Gasteiger partial charge in [0.25, 0.3) is 0 Å². The maximum Gasteiger partial charge on any atom is 0.320 e. The molecule has 1 saturated heterocycles. The van der Waals surface area contributed by atoms with Crippen molar-refractivity contribution in [1.82, 2.24) is 4.90 Å². The second-order valence-electron chi connectivity index (χ2n) is 4.93. The number of aliphatic carboxylic acids is 1. The van der Waals surface area contributed by atoms with E-state index >= 15 is 0 Å². The fourth-order valence-electron chi connectivity index (χ4n) is 2.64. The van der Waals surface area contributed by atoms with Crippen LogP contribution in [0.1, 0.15) is 18.4 Å². The molecule has 3 atom stereocenters. The SMILES string of the molecule is C[C@H](C(=O)O)N1C[C@H](CO)[C@@H](c2ccccc2)C1. The van der Waals surface area contributed by atoms with Crippen LogP contribution in [0.5, 0.6) is 0 Å². The van der Waals surface area contributed by atoms with E-state index in [1.54, 1.807) is 6.92 Å². The Kier molecular flexibility index (Phi) is 3.99. The first-order valence-electron chi connectivity index (χ1n) is 6.26. The number of carbonyl (C=O) groups is 1. The van der Waals surface area contributed by atoms with Crippen LogP contribution in [0, 0.1) is 5.92 Å². The molecule has 4 nitrogen and oxygen atoms in total. The number of benzene rings is 1. The molecule has 2 N–H and O–H groups in total. The van der Waals surface area contributed by atoms with Gasteiger partial charge in [-0.25, -0.2) is 0 Å². The largest absolute Gasteiger partial charge is 0.480 e. The predicted molar refractivity (Wildman–Crippen MR) is 68.4 cm³/mol. The number of hydrogen-bond donors (Lipinski definition) is 2. The maximum atomic E-state index is 11.0. The molecule has 0 bridgehead atoms. The van der Waals surface area contributed by atoms with Crippen LogP contribution < -0.4 is 0 Å². The molecule has 18 heavy (non-hydrogen) atoms. The van der Waals surface area contributed by atoms with Crippen molar-refractivity contribution in [2.24, 2.45) is 5.92 Å². The quantitative estimate of drug-likeness (QED) is 0.841. The third-order valence-corrected chi connectivity index (χ3v) is 3.84. The van der Waals surface area contributed by atoms with Gasteiger partial charge in [0.05, 0.1) is 0 Å². The van der Waals surface area contributed by atoms with Crippen molar-refractivity contribution in [3.8, 4) is 0 Å². The van der Waals surface area contributed by atoms with Crippen LogP contribution in [0.3, 0.4) is 0 Å². The van der Waals surface area contributed by atoms with Gasteiger partial charge in [0.1, 0.15) is 6.04 Å². The molecule has 4 heteroatoms. The van der Waals surface area contributed by atoms with E-state index < -0.39 is 12.0 Å². The molecule has 0 spiro atoms. The minimum Gasteiger partial charge on any atom is -0.480 e. The Morgan fingerprint density at radius 2 is 2.06 bits per heavy atom. The number of aliphatic hydroxyl groups excluding tert-OH is 1. The van der Waals surface area contributed by atoms with E-state index in [4.69, 9.17) is 5.11 Å². The molecule has 0 saturated carbocycles.